The topological polar surface area (TPSA) is 97.0 Å². The Bertz CT molecular complexity index is 714. The molecule has 8 nitrogen and oxygen atoms in total. The van der Waals surface area contributed by atoms with E-state index in [1.807, 2.05) is 4.57 Å². The zero-order valence-corrected chi connectivity index (χ0v) is 12.7. The highest BCUT2D eigenvalue weighted by Gasteiger charge is 2.34. The molecule has 2 aromatic rings. The molecule has 1 N–H and O–H groups in total. The van der Waals surface area contributed by atoms with Crippen molar-refractivity contribution >= 4 is 5.91 Å². The smallest absolute Gasteiger partial charge is 0.416 e. The van der Waals surface area contributed by atoms with Crippen molar-refractivity contribution < 1.29 is 9.21 Å². The van der Waals surface area contributed by atoms with E-state index >= 15 is 0 Å². The number of aromatic amines is 1. The molecule has 0 radical (unpaired) electrons. The van der Waals surface area contributed by atoms with E-state index in [2.05, 4.69) is 33.4 Å². The van der Waals surface area contributed by atoms with E-state index in [1.165, 1.54) is 6.26 Å². The summed E-state index contributed by atoms with van der Waals surface area (Å²) in [5.41, 5.74) is 0.173. The first kappa shape index (κ1) is 14.6. The van der Waals surface area contributed by atoms with Crippen molar-refractivity contribution in [3.8, 4) is 0 Å². The highest BCUT2D eigenvalue weighted by Crippen LogP contribution is 2.31. The van der Waals surface area contributed by atoms with Gasteiger partial charge in [-0.15, -0.1) is 10.2 Å². The lowest BCUT2D eigenvalue weighted by Gasteiger charge is -2.24. The number of H-pyrrole nitrogens is 1. The Kier molecular flexibility index (Phi) is 3.82. The van der Waals surface area contributed by atoms with Crippen molar-refractivity contribution in [3.63, 3.8) is 0 Å². The Hall–Kier alpha value is -2.38. The lowest BCUT2D eigenvalue weighted by molar-refractivity contribution is 0.0720. The van der Waals surface area contributed by atoms with E-state index in [1.54, 1.807) is 11.2 Å². The van der Waals surface area contributed by atoms with Crippen LogP contribution in [0.5, 0.6) is 0 Å². The van der Waals surface area contributed by atoms with E-state index < -0.39 is 5.76 Å². The molecule has 2 aromatic heterocycles. The van der Waals surface area contributed by atoms with Gasteiger partial charge >= 0.3 is 5.76 Å². The zero-order valence-electron chi connectivity index (χ0n) is 12.7. The molecule has 118 valence electrons. The molecule has 3 rings (SSSR count). The number of oxazole rings is 1. The molecule has 0 saturated carbocycles. The standard InChI is InChI=1S/C14H19N5O3/c1-9(2)6-18-8-15-17-12(18)11-4-3-5-19(11)13(20)10-7-22-14(21)16-10/h7-9,11H,3-6H2,1-2H3,(H,16,21). The number of likely N-dealkylation sites (tertiary alicyclic amines) is 1. The van der Waals surface area contributed by atoms with Crippen molar-refractivity contribution in [2.45, 2.75) is 39.3 Å². The Balaban J connectivity index is 1.86. The summed E-state index contributed by atoms with van der Waals surface area (Å²) in [6.45, 7) is 5.68. The third-order valence-corrected chi connectivity index (χ3v) is 3.77. The monoisotopic (exact) mass is 305 g/mol. The van der Waals surface area contributed by atoms with Crippen molar-refractivity contribution in [2.24, 2.45) is 5.92 Å². The summed E-state index contributed by atoms with van der Waals surface area (Å²) in [7, 11) is 0. The van der Waals surface area contributed by atoms with Crippen LogP contribution in [-0.4, -0.2) is 37.1 Å². The Labute approximate surface area is 127 Å². The summed E-state index contributed by atoms with van der Waals surface area (Å²) in [4.78, 5) is 27.7. The van der Waals surface area contributed by atoms with Crippen LogP contribution in [0.25, 0.3) is 0 Å². The van der Waals surface area contributed by atoms with Gasteiger partial charge in [-0.3, -0.25) is 9.78 Å². The summed E-state index contributed by atoms with van der Waals surface area (Å²) in [5, 5.41) is 8.20. The maximum Gasteiger partial charge on any atom is 0.416 e. The molecular formula is C14H19N5O3. The first-order valence-corrected chi connectivity index (χ1v) is 7.42. The lowest BCUT2D eigenvalue weighted by Crippen LogP contribution is -2.32. The van der Waals surface area contributed by atoms with Crippen LogP contribution in [0, 0.1) is 5.92 Å². The molecule has 1 saturated heterocycles. The predicted molar refractivity (Wildman–Crippen MR) is 77.2 cm³/mol. The number of carbonyl (C=O) groups excluding carboxylic acids is 1. The molecule has 1 unspecified atom stereocenters. The van der Waals surface area contributed by atoms with Gasteiger partial charge in [0.2, 0.25) is 0 Å². The molecule has 0 aromatic carbocycles. The number of nitrogens with one attached hydrogen (secondary N) is 1. The van der Waals surface area contributed by atoms with Gasteiger partial charge in [0.1, 0.15) is 18.3 Å². The zero-order chi connectivity index (χ0) is 15.7. The second-order valence-electron chi connectivity index (χ2n) is 5.95. The molecule has 22 heavy (non-hydrogen) atoms. The van der Waals surface area contributed by atoms with E-state index in [-0.39, 0.29) is 17.6 Å². The van der Waals surface area contributed by atoms with Crippen LogP contribution in [0.1, 0.15) is 49.0 Å². The molecular weight excluding hydrogens is 286 g/mol. The number of hydrogen-bond acceptors (Lipinski definition) is 5. The van der Waals surface area contributed by atoms with E-state index in [0.717, 1.165) is 25.2 Å². The molecule has 1 atom stereocenters. The summed E-state index contributed by atoms with van der Waals surface area (Å²) in [5.74, 6) is 0.394. The average Bonchev–Trinajstić information content (AvgIpc) is 3.16. The first-order chi connectivity index (χ1) is 10.6. The molecule has 0 aliphatic carbocycles. The Morgan fingerprint density at radius 3 is 3.05 bits per heavy atom. The van der Waals surface area contributed by atoms with Crippen molar-refractivity contribution in [2.75, 3.05) is 6.54 Å². The summed E-state index contributed by atoms with van der Waals surface area (Å²) < 4.78 is 6.65. The van der Waals surface area contributed by atoms with Crippen LogP contribution < -0.4 is 5.76 Å². The number of hydrogen-bond donors (Lipinski definition) is 1. The molecule has 1 fully saturated rings. The van der Waals surface area contributed by atoms with Gasteiger partial charge in [-0.2, -0.15) is 0 Å². The van der Waals surface area contributed by atoms with Gasteiger partial charge in [0.15, 0.2) is 5.82 Å². The fourth-order valence-corrected chi connectivity index (χ4v) is 2.87. The summed E-state index contributed by atoms with van der Waals surface area (Å²) in [6.07, 6.45) is 4.60. The van der Waals surface area contributed by atoms with E-state index in [0.29, 0.717) is 12.5 Å². The highest BCUT2D eigenvalue weighted by atomic mass is 16.4. The van der Waals surface area contributed by atoms with Gasteiger partial charge < -0.3 is 13.9 Å². The fraction of sp³-hybridized carbons (Fsp3) is 0.571. The van der Waals surface area contributed by atoms with Crippen LogP contribution in [0.2, 0.25) is 0 Å². The normalized spacial score (nSPS) is 18.3. The minimum atomic E-state index is -0.623. The molecule has 0 spiro atoms. The van der Waals surface area contributed by atoms with Crippen LogP contribution in [0.4, 0.5) is 0 Å². The largest absolute Gasteiger partial charge is 0.416 e. The first-order valence-electron chi connectivity index (χ1n) is 7.42. The average molecular weight is 305 g/mol. The van der Waals surface area contributed by atoms with Gasteiger partial charge in [-0.05, 0) is 18.8 Å². The van der Waals surface area contributed by atoms with Gasteiger partial charge in [-0.1, -0.05) is 13.8 Å². The molecule has 1 aliphatic rings. The summed E-state index contributed by atoms with van der Waals surface area (Å²) >= 11 is 0. The number of nitrogens with zero attached hydrogens (tertiary/aromatic N) is 4. The molecule has 0 bridgehead atoms. The van der Waals surface area contributed by atoms with Crippen molar-refractivity contribution in [1.82, 2.24) is 24.6 Å². The van der Waals surface area contributed by atoms with Crippen LogP contribution in [0.15, 0.2) is 21.8 Å². The van der Waals surface area contributed by atoms with Crippen LogP contribution >= 0.6 is 0 Å². The highest BCUT2D eigenvalue weighted by molar-refractivity contribution is 5.92. The fourth-order valence-electron chi connectivity index (χ4n) is 2.87. The lowest BCUT2D eigenvalue weighted by atomic mass is 10.1. The maximum atomic E-state index is 12.5. The van der Waals surface area contributed by atoms with Gasteiger partial charge in [0.05, 0.1) is 6.04 Å². The minimum Gasteiger partial charge on any atom is -0.416 e. The Morgan fingerprint density at radius 1 is 1.55 bits per heavy atom. The van der Waals surface area contributed by atoms with Crippen LogP contribution in [-0.2, 0) is 6.54 Å². The van der Waals surface area contributed by atoms with Gasteiger partial charge in [-0.25, -0.2) is 4.79 Å². The SMILES string of the molecule is CC(C)Cn1cnnc1C1CCCN1C(=O)c1coc(=O)[nH]1. The van der Waals surface area contributed by atoms with Crippen LogP contribution in [0.3, 0.4) is 0 Å². The van der Waals surface area contributed by atoms with Crippen molar-refractivity contribution in [3.05, 3.63) is 34.7 Å². The number of aromatic nitrogens is 4. The molecule has 1 amide bonds. The van der Waals surface area contributed by atoms with Gasteiger partial charge in [0, 0.05) is 13.1 Å². The van der Waals surface area contributed by atoms with E-state index in [9.17, 15) is 9.59 Å². The minimum absolute atomic E-state index is 0.118. The summed E-state index contributed by atoms with van der Waals surface area (Å²) in [6, 6.07) is -0.118. The van der Waals surface area contributed by atoms with E-state index in [4.69, 9.17) is 0 Å². The molecule has 8 heteroatoms. The third-order valence-electron chi connectivity index (χ3n) is 3.77. The third kappa shape index (κ3) is 2.68. The second kappa shape index (κ2) is 5.78. The second-order valence-corrected chi connectivity index (χ2v) is 5.95. The Morgan fingerprint density at radius 2 is 2.36 bits per heavy atom. The number of rotatable bonds is 4. The quantitative estimate of drug-likeness (QED) is 0.915. The molecule has 3 heterocycles. The van der Waals surface area contributed by atoms with Gasteiger partial charge in [0.25, 0.3) is 5.91 Å². The molecule has 1 aliphatic heterocycles. The number of amides is 1. The maximum absolute atomic E-state index is 12.5. The number of carbonyl (C=O) groups is 1. The predicted octanol–water partition coefficient (Wildman–Crippen LogP) is 1.19. The van der Waals surface area contributed by atoms with Crippen molar-refractivity contribution in [1.29, 1.82) is 0 Å².